The van der Waals surface area contributed by atoms with Crippen LogP contribution < -0.4 is 11.2 Å². The van der Waals surface area contributed by atoms with Crippen molar-refractivity contribution >= 4 is 27.5 Å². The van der Waals surface area contributed by atoms with Gasteiger partial charge in [0.05, 0.1) is 11.8 Å². The van der Waals surface area contributed by atoms with E-state index in [2.05, 4.69) is 11.9 Å². The number of thiophene rings is 1. The summed E-state index contributed by atoms with van der Waals surface area (Å²) in [7, 11) is 0. The lowest BCUT2D eigenvalue weighted by atomic mass is 10.2. The maximum absolute atomic E-state index is 12.2. The second-order valence-electron chi connectivity index (χ2n) is 4.59. The molecule has 0 unspecified atom stereocenters. The van der Waals surface area contributed by atoms with Gasteiger partial charge in [-0.05, 0) is 18.9 Å². The fourth-order valence-electron chi connectivity index (χ4n) is 1.98. The molecule has 2 rings (SSSR count). The topological polar surface area (TPSA) is 92.2 Å². The van der Waals surface area contributed by atoms with Gasteiger partial charge in [0.2, 0.25) is 0 Å². The molecule has 0 aliphatic rings. The molecule has 0 aromatic carbocycles. The first-order chi connectivity index (χ1) is 9.52. The van der Waals surface area contributed by atoms with Crippen LogP contribution in [0, 0.1) is 0 Å². The maximum Gasteiger partial charge on any atom is 0.329 e. The van der Waals surface area contributed by atoms with Gasteiger partial charge in [-0.25, -0.2) is 4.79 Å². The highest BCUT2D eigenvalue weighted by Gasteiger charge is 2.12. The van der Waals surface area contributed by atoms with E-state index >= 15 is 0 Å². The molecule has 0 aliphatic carbocycles. The summed E-state index contributed by atoms with van der Waals surface area (Å²) < 4.78 is 0.951. The van der Waals surface area contributed by atoms with Crippen molar-refractivity contribution < 1.29 is 9.90 Å². The number of carbonyl (C=O) groups is 1. The fraction of sp³-hybridized carbons (Fsp3) is 0.462. The standard InChI is InChI=1S/C13H16N2O4S/c1-2-3-4-8-7-9-11(20-8)14-13(19)15(12(9)18)6-5-10(16)17/h7H,2-6H2,1H3,(H,14,19)(H,16,17). The summed E-state index contributed by atoms with van der Waals surface area (Å²) >= 11 is 1.41. The van der Waals surface area contributed by atoms with Crippen molar-refractivity contribution in [3.05, 3.63) is 31.8 Å². The van der Waals surface area contributed by atoms with E-state index in [9.17, 15) is 14.4 Å². The number of hydrogen-bond acceptors (Lipinski definition) is 4. The number of rotatable bonds is 6. The molecule has 0 aliphatic heterocycles. The van der Waals surface area contributed by atoms with E-state index in [1.807, 2.05) is 0 Å². The smallest absolute Gasteiger partial charge is 0.329 e. The second-order valence-corrected chi connectivity index (χ2v) is 5.73. The van der Waals surface area contributed by atoms with Gasteiger partial charge in [0, 0.05) is 11.4 Å². The predicted octanol–water partition coefficient (Wildman–Crippen LogP) is 1.57. The number of H-pyrrole nitrogens is 1. The third-order valence-corrected chi connectivity index (χ3v) is 4.16. The quantitative estimate of drug-likeness (QED) is 0.846. The van der Waals surface area contributed by atoms with Gasteiger partial charge in [-0.15, -0.1) is 11.3 Å². The number of nitrogens with one attached hydrogen (secondary N) is 1. The van der Waals surface area contributed by atoms with Crippen LogP contribution in [0.1, 0.15) is 31.1 Å². The molecular formula is C13H16N2O4S. The number of nitrogens with zero attached hydrogens (tertiary/aromatic N) is 1. The number of aromatic nitrogens is 2. The Kier molecular flexibility index (Phi) is 4.39. The number of hydrogen-bond donors (Lipinski definition) is 2. The Balaban J connectivity index is 2.43. The molecule has 0 spiro atoms. The van der Waals surface area contributed by atoms with Crippen LogP contribution in [0.5, 0.6) is 0 Å². The van der Waals surface area contributed by atoms with E-state index < -0.39 is 17.2 Å². The normalized spacial score (nSPS) is 11.1. The van der Waals surface area contributed by atoms with E-state index in [4.69, 9.17) is 5.11 Å². The summed E-state index contributed by atoms with van der Waals surface area (Å²) in [5.74, 6) is -1.04. The minimum atomic E-state index is -1.04. The van der Waals surface area contributed by atoms with Crippen LogP contribution in [0.4, 0.5) is 0 Å². The first-order valence-corrected chi connectivity index (χ1v) is 7.32. The van der Waals surface area contributed by atoms with Gasteiger partial charge in [0.25, 0.3) is 5.56 Å². The molecule has 0 fully saturated rings. The molecule has 0 amide bonds. The number of aliphatic carboxylic acids is 1. The van der Waals surface area contributed by atoms with E-state index in [-0.39, 0.29) is 13.0 Å². The summed E-state index contributed by atoms with van der Waals surface area (Å²) in [4.78, 5) is 38.9. The van der Waals surface area contributed by atoms with Crippen LogP contribution in [0.2, 0.25) is 0 Å². The molecule has 0 bridgehead atoms. The Morgan fingerprint density at radius 1 is 1.45 bits per heavy atom. The predicted molar refractivity (Wildman–Crippen MR) is 77.6 cm³/mol. The second kappa shape index (κ2) is 6.04. The highest BCUT2D eigenvalue weighted by molar-refractivity contribution is 7.18. The Hall–Kier alpha value is -1.89. The van der Waals surface area contributed by atoms with Crippen LogP contribution >= 0.6 is 11.3 Å². The lowest BCUT2D eigenvalue weighted by molar-refractivity contribution is -0.137. The molecule has 7 heteroatoms. The van der Waals surface area contributed by atoms with Crippen molar-refractivity contribution in [3.63, 3.8) is 0 Å². The molecule has 0 radical (unpaired) electrons. The number of aryl methyl sites for hydroxylation is 1. The third-order valence-electron chi connectivity index (χ3n) is 3.05. The summed E-state index contributed by atoms with van der Waals surface area (Å²) in [6, 6.07) is 1.80. The molecule has 108 valence electrons. The fourth-order valence-corrected chi connectivity index (χ4v) is 3.06. The third kappa shape index (κ3) is 2.98. The van der Waals surface area contributed by atoms with Crippen molar-refractivity contribution in [2.75, 3.05) is 0 Å². The minimum absolute atomic E-state index is 0.112. The van der Waals surface area contributed by atoms with Crippen LogP contribution in [0.15, 0.2) is 15.7 Å². The van der Waals surface area contributed by atoms with E-state index in [1.165, 1.54) is 11.3 Å². The van der Waals surface area contributed by atoms with E-state index in [0.29, 0.717) is 10.2 Å². The van der Waals surface area contributed by atoms with E-state index in [0.717, 1.165) is 28.7 Å². The molecule has 0 saturated heterocycles. The van der Waals surface area contributed by atoms with Crippen LogP contribution in [-0.4, -0.2) is 20.6 Å². The molecule has 0 saturated carbocycles. The molecule has 20 heavy (non-hydrogen) atoms. The van der Waals surface area contributed by atoms with Gasteiger partial charge in [0.1, 0.15) is 4.83 Å². The van der Waals surface area contributed by atoms with Crippen molar-refractivity contribution in [2.45, 2.75) is 39.2 Å². The Morgan fingerprint density at radius 3 is 2.85 bits per heavy atom. The van der Waals surface area contributed by atoms with Gasteiger partial charge in [-0.2, -0.15) is 0 Å². The Bertz CT molecular complexity index is 741. The Morgan fingerprint density at radius 2 is 2.20 bits per heavy atom. The monoisotopic (exact) mass is 296 g/mol. The number of carboxylic acid groups (broad SMARTS) is 1. The van der Waals surface area contributed by atoms with Gasteiger partial charge < -0.3 is 5.11 Å². The molecular weight excluding hydrogens is 280 g/mol. The summed E-state index contributed by atoms with van der Waals surface area (Å²) in [6.45, 7) is 1.98. The first kappa shape index (κ1) is 14.5. The lowest BCUT2D eigenvalue weighted by Gasteiger charge is -2.01. The summed E-state index contributed by atoms with van der Waals surface area (Å²) in [5.41, 5.74) is -0.961. The van der Waals surface area contributed by atoms with Gasteiger partial charge in [-0.1, -0.05) is 13.3 Å². The van der Waals surface area contributed by atoms with Crippen LogP contribution in [0.25, 0.3) is 10.2 Å². The number of aromatic amines is 1. The van der Waals surface area contributed by atoms with Crippen LogP contribution in [-0.2, 0) is 17.8 Å². The number of fused-ring (bicyclic) bond motifs is 1. The van der Waals surface area contributed by atoms with Gasteiger partial charge in [-0.3, -0.25) is 19.1 Å². The molecule has 2 aromatic rings. The number of carboxylic acids is 1. The Labute approximate surface area is 118 Å². The van der Waals surface area contributed by atoms with Crippen LogP contribution in [0.3, 0.4) is 0 Å². The zero-order valence-corrected chi connectivity index (χ0v) is 12.0. The first-order valence-electron chi connectivity index (χ1n) is 6.50. The average molecular weight is 296 g/mol. The van der Waals surface area contributed by atoms with Crippen molar-refractivity contribution in [1.29, 1.82) is 0 Å². The van der Waals surface area contributed by atoms with E-state index in [1.54, 1.807) is 6.07 Å². The molecule has 2 aromatic heterocycles. The van der Waals surface area contributed by atoms with Crippen molar-refractivity contribution in [1.82, 2.24) is 9.55 Å². The summed E-state index contributed by atoms with van der Waals surface area (Å²) in [5, 5.41) is 9.11. The highest BCUT2D eigenvalue weighted by Crippen LogP contribution is 2.21. The summed E-state index contributed by atoms with van der Waals surface area (Å²) in [6.07, 6.45) is 2.73. The SMILES string of the molecule is CCCCc1cc2c(=O)n(CCC(=O)O)c(=O)[nH]c2s1. The molecule has 0 atom stereocenters. The zero-order chi connectivity index (χ0) is 14.7. The lowest BCUT2D eigenvalue weighted by Crippen LogP contribution is -2.35. The largest absolute Gasteiger partial charge is 0.481 e. The average Bonchev–Trinajstić information content (AvgIpc) is 2.78. The van der Waals surface area contributed by atoms with Crippen molar-refractivity contribution in [2.24, 2.45) is 0 Å². The maximum atomic E-state index is 12.2. The zero-order valence-electron chi connectivity index (χ0n) is 11.1. The van der Waals surface area contributed by atoms with Gasteiger partial charge in [0.15, 0.2) is 0 Å². The van der Waals surface area contributed by atoms with Gasteiger partial charge >= 0.3 is 11.7 Å². The van der Waals surface area contributed by atoms with Crippen molar-refractivity contribution in [3.8, 4) is 0 Å². The highest BCUT2D eigenvalue weighted by atomic mass is 32.1. The minimum Gasteiger partial charge on any atom is -0.481 e. The molecule has 2 heterocycles. The molecule has 6 nitrogen and oxygen atoms in total. The molecule has 2 N–H and O–H groups in total. The number of unbranched alkanes of at least 4 members (excludes halogenated alkanes) is 1.